The van der Waals surface area contributed by atoms with Crippen LogP contribution in [0.4, 0.5) is 0 Å². The quantitative estimate of drug-likeness (QED) is 0.714. The van der Waals surface area contributed by atoms with Crippen molar-refractivity contribution >= 4 is 0 Å². The van der Waals surface area contributed by atoms with Gasteiger partial charge in [-0.05, 0) is 55.2 Å². The molecule has 0 aromatic heterocycles. The molecule has 2 aromatic rings. The largest absolute Gasteiger partial charge is 0.375 e. The maximum atomic E-state index is 5.95. The van der Waals surface area contributed by atoms with E-state index in [2.05, 4.69) is 55.5 Å². The Hall–Kier alpha value is -1.64. The molecule has 1 heterocycles. The van der Waals surface area contributed by atoms with Gasteiger partial charge in [0, 0.05) is 0 Å². The Morgan fingerprint density at radius 1 is 0.875 bits per heavy atom. The first-order valence-electron chi connectivity index (χ1n) is 9.18. The SMILES string of the molecule is Cc1ccc(-c2ccc(C3CCC(OCC4CO4)CC3)cc2)cc1. The van der Waals surface area contributed by atoms with Gasteiger partial charge >= 0.3 is 0 Å². The zero-order valence-corrected chi connectivity index (χ0v) is 14.4. The van der Waals surface area contributed by atoms with Gasteiger partial charge in [-0.1, -0.05) is 54.1 Å². The predicted octanol–water partition coefficient (Wildman–Crippen LogP) is 5.10. The summed E-state index contributed by atoms with van der Waals surface area (Å²) in [5.41, 5.74) is 5.39. The van der Waals surface area contributed by atoms with E-state index in [9.17, 15) is 0 Å². The number of benzene rings is 2. The fourth-order valence-corrected chi connectivity index (χ4v) is 3.66. The third kappa shape index (κ3) is 3.88. The molecule has 1 atom stereocenters. The lowest BCUT2D eigenvalue weighted by atomic mass is 9.82. The van der Waals surface area contributed by atoms with Crippen molar-refractivity contribution in [1.29, 1.82) is 0 Å². The van der Waals surface area contributed by atoms with E-state index in [0.29, 0.717) is 18.1 Å². The maximum absolute atomic E-state index is 5.95. The Labute approximate surface area is 144 Å². The average molecular weight is 322 g/mol. The standard InChI is InChI=1S/C22H26O2/c1-16-2-4-17(5-3-16)18-6-8-19(9-7-18)20-10-12-21(13-11-20)23-14-22-15-24-22/h2-9,20-22H,10-15H2,1H3. The molecule has 0 bridgehead atoms. The van der Waals surface area contributed by atoms with Crippen LogP contribution in [-0.4, -0.2) is 25.4 Å². The number of ether oxygens (including phenoxy) is 2. The molecule has 0 amide bonds. The normalized spacial score (nSPS) is 26.3. The maximum Gasteiger partial charge on any atom is 0.104 e. The molecule has 1 unspecified atom stereocenters. The van der Waals surface area contributed by atoms with Gasteiger partial charge in [0.25, 0.3) is 0 Å². The summed E-state index contributed by atoms with van der Waals surface area (Å²) in [7, 11) is 0. The number of epoxide rings is 1. The van der Waals surface area contributed by atoms with Crippen molar-refractivity contribution in [3.8, 4) is 11.1 Å². The van der Waals surface area contributed by atoms with Crippen molar-refractivity contribution in [3.05, 3.63) is 59.7 Å². The number of aryl methyl sites for hydroxylation is 1. The smallest absolute Gasteiger partial charge is 0.104 e. The summed E-state index contributed by atoms with van der Waals surface area (Å²) in [5, 5.41) is 0. The molecule has 4 rings (SSSR count). The van der Waals surface area contributed by atoms with Gasteiger partial charge in [0.05, 0.1) is 19.3 Å². The summed E-state index contributed by atoms with van der Waals surface area (Å²) in [6.07, 6.45) is 5.66. The Balaban J connectivity index is 1.34. The van der Waals surface area contributed by atoms with E-state index >= 15 is 0 Å². The minimum Gasteiger partial charge on any atom is -0.375 e. The van der Waals surface area contributed by atoms with Gasteiger partial charge in [-0.3, -0.25) is 0 Å². The van der Waals surface area contributed by atoms with Crippen molar-refractivity contribution in [2.75, 3.05) is 13.2 Å². The summed E-state index contributed by atoms with van der Waals surface area (Å²) in [5.74, 6) is 0.689. The summed E-state index contributed by atoms with van der Waals surface area (Å²) >= 11 is 0. The first-order chi connectivity index (χ1) is 11.8. The highest BCUT2D eigenvalue weighted by molar-refractivity contribution is 5.64. The number of rotatable bonds is 5. The second-order valence-corrected chi connectivity index (χ2v) is 7.25. The summed E-state index contributed by atoms with van der Waals surface area (Å²) in [4.78, 5) is 0. The molecular formula is C22H26O2. The van der Waals surface area contributed by atoms with Crippen LogP contribution in [0.15, 0.2) is 48.5 Å². The molecule has 0 N–H and O–H groups in total. The van der Waals surface area contributed by atoms with Crippen LogP contribution in [0.25, 0.3) is 11.1 Å². The van der Waals surface area contributed by atoms with E-state index in [0.717, 1.165) is 13.2 Å². The molecule has 1 aliphatic carbocycles. The van der Waals surface area contributed by atoms with Gasteiger partial charge in [-0.2, -0.15) is 0 Å². The van der Waals surface area contributed by atoms with E-state index in [-0.39, 0.29) is 0 Å². The second kappa shape index (κ2) is 7.08. The van der Waals surface area contributed by atoms with Crippen LogP contribution >= 0.6 is 0 Å². The number of hydrogen-bond donors (Lipinski definition) is 0. The highest BCUT2D eigenvalue weighted by Crippen LogP contribution is 2.35. The van der Waals surface area contributed by atoms with Crippen LogP contribution in [0, 0.1) is 6.92 Å². The number of hydrogen-bond acceptors (Lipinski definition) is 2. The molecule has 2 fully saturated rings. The van der Waals surface area contributed by atoms with E-state index in [1.165, 1.54) is 47.9 Å². The molecule has 126 valence electrons. The monoisotopic (exact) mass is 322 g/mol. The fourth-order valence-electron chi connectivity index (χ4n) is 3.66. The lowest BCUT2D eigenvalue weighted by Crippen LogP contribution is -2.22. The molecule has 2 nitrogen and oxygen atoms in total. The molecule has 2 aliphatic rings. The Morgan fingerprint density at radius 2 is 1.46 bits per heavy atom. The van der Waals surface area contributed by atoms with Crippen LogP contribution in [0.5, 0.6) is 0 Å². The zero-order chi connectivity index (χ0) is 16.4. The van der Waals surface area contributed by atoms with Crippen molar-refractivity contribution in [2.24, 2.45) is 0 Å². The zero-order valence-electron chi connectivity index (χ0n) is 14.4. The summed E-state index contributed by atoms with van der Waals surface area (Å²) in [6, 6.07) is 17.9. The highest BCUT2D eigenvalue weighted by Gasteiger charge is 2.27. The van der Waals surface area contributed by atoms with Gasteiger partial charge in [0.15, 0.2) is 0 Å². The van der Waals surface area contributed by atoms with Crippen LogP contribution in [-0.2, 0) is 9.47 Å². The molecule has 2 heteroatoms. The van der Waals surface area contributed by atoms with E-state index in [4.69, 9.17) is 9.47 Å². The first kappa shape index (κ1) is 15.9. The van der Waals surface area contributed by atoms with Gasteiger partial charge in [0.1, 0.15) is 6.10 Å². The molecule has 1 saturated carbocycles. The van der Waals surface area contributed by atoms with Gasteiger partial charge in [0.2, 0.25) is 0 Å². The lowest BCUT2D eigenvalue weighted by Gasteiger charge is -2.28. The van der Waals surface area contributed by atoms with Crippen molar-refractivity contribution in [2.45, 2.75) is 50.7 Å². The van der Waals surface area contributed by atoms with Gasteiger partial charge in [-0.15, -0.1) is 0 Å². The first-order valence-corrected chi connectivity index (χ1v) is 9.18. The average Bonchev–Trinajstić information content (AvgIpc) is 3.46. The molecule has 2 aromatic carbocycles. The molecule has 0 spiro atoms. The molecule has 0 radical (unpaired) electrons. The van der Waals surface area contributed by atoms with E-state index in [1.807, 2.05) is 0 Å². The molecule has 1 saturated heterocycles. The Bertz CT molecular complexity index is 647. The molecule has 24 heavy (non-hydrogen) atoms. The minimum absolute atomic E-state index is 0.386. The topological polar surface area (TPSA) is 21.8 Å². The highest BCUT2D eigenvalue weighted by atomic mass is 16.6. The summed E-state index contributed by atoms with van der Waals surface area (Å²) in [6.45, 7) is 3.81. The van der Waals surface area contributed by atoms with E-state index < -0.39 is 0 Å². The Morgan fingerprint density at radius 3 is 2.04 bits per heavy atom. The van der Waals surface area contributed by atoms with Crippen molar-refractivity contribution in [3.63, 3.8) is 0 Å². The molecular weight excluding hydrogens is 296 g/mol. The molecule has 1 aliphatic heterocycles. The summed E-state index contributed by atoms with van der Waals surface area (Å²) < 4.78 is 11.2. The van der Waals surface area contributed by atoms with Crippen LogP contribution in [0.2, 0.25) is 0 Å². The van der Waals surface area contributed by atoms with Gasteiger partial charge < -0.3 is 9.47 Å². The third-order valence-electron chi connectivity index (χ3n) is 5.36. The van der Waals surface area contributed by atoms with Gasteiger partial charge in [-0.25, -0.2) is 0 Å². The van der Waals surface area contributed by atoms with Crippen LogP contribution in [0.3, 0.4) is 0 Å². The fraction of sp³-hybridized carbons (Fsp3) is 0.455. The van der Waals surface area contributed by atoms with E-state index in [1.54, 1.807) is 0 Å². The van der Waals surface area contributed by atoms with Crippen molar-refractivity contribution < 1.29 is 9.47 Å². The Kier molecular flexibility index (Phi) is 4.68. The predicted molar refractivity (Wildman–Crippen MR) is 97.3 cm³/mol. The van der Waals surface area contributed by atoms with Crippen LogP contribution in [0.1, 0.15) is 42.7 Å². The second-order valence-electron chi connectivity index (χ2n) is 7.25. The van der Waals surface area contributed by atoms with Crippen molar-refractivity contribution in [1.82, 2.24) is 0 Å². The third-order valence-corrected chi connectivity index (χ3v) is 5.36. The minimum atomic E-state index is 0.386. The van der Waals surface area contributed by atoms with Crippen LogP contribution < -0.4 is 0 Å². The lowest BCUT2D eigenvalue weighted by molar-refractivity contribution is 0.0165.